The maximum Gasteiger partial charge on any atom is 0.324 e. The third-order valence-corrected chi connectivity index (χ3v) is 4.19. The van der Waals surface area contributed by atoms with E-state index >= 15 is 0 Å². The molecule has 2 rings (SSSR count). The molecule has 3 heteroatoms. The van der Waals surface area contributed by atoms with Crippen LogP contribution in [0.15, 0.2) is 42.5 Å². The lowest BCUT2D eigenvalue weighted by Gasteiger charge is -2.39. The van der Waals surface area contributed by atoms with Gasteiger partial charge in [-0.2, -0.15) is 0 Å². The Morgan fingerprint density at radius 1 is 0.950 bits per heavy atom. The van der Waals surface area contributed by atoms with Crippen molar-refractivity contribution >= 4 is 23.2 Å². The van der Waals surface area contributed by atoms with Crippen molar-refractivity contribution in [2.75, 3.05) is 0 Å². The molecule has 0 heterocycles. The maximum absolute atomic E-state index is 10.2. The van der Waals surface area contributed by atoms with Crippen LogP contribution in [0.25, 0.3) is 10.8 Å². The molecular formula is C17H23BO2. The lowest BCUT2D eigenvalue weighted by Crippen LogP contribution is -2.52. The van der Waals surface area contributed by atoms with Crippen molar-refractivity contribution in [1.82, 2.24) is 0 Å². The fourth-order valence-corrected chi connectivity index (χ4v) is 2.11. The topological polar surface area (TPSA) is 29.5 Å². The van der Waals surface area contributed by atoms with Crippen LogP contribution < -0.4 is 5.46 Å². The molecule has 0 saturated carbocycles. The van der Waals surface area contributed by atoms with Gasteiger partial charge in [0, 0.05) is 0 Å². The summed E-state index contributed by atoms with van der Waals surface area (Å²) in [6.45, 7) is 9.36. The minimum absolute atomic E-state index is 0.0685. The van der Waals surface area contributed by atoms with E-state index in [4.69, 9.17) is 4.65 Å². The van der Waals surface area contributed by atoms with Crippen molar-refractivity contribution in [3.05, 3.63) is 42.5 Å². The lowest BCUT2D eigenvalue weighted by molar-refractivity contribution is -0.0918. The summed E-state index contributed by atoms with van der Waals surface area (Å²) in [5.74, 6) is 0. The average molecular weight is 270 g/mol. The molecule has 106 valence electrons. The highest BCUT2D eigenvalue weighted by atomic mass is 16.5. The van der Waals surface area contributed by atoms with Crippen LogP contribution in [0.4, 0.5) is 0 Å². The van der Waals surface area contributed by atoms with Gasteiger partial charge in [-0.1, -0.05) is 49.3 Å². The third-order valence-electron chi connectivity index (χ3n) is 4.19. The molecule has 1 N–H and O–H groups in total. The van der Waals surface area contributed by atoms with Crippen molar-refractivity contribution in [3.8, 4) is 0 Å². The number of rotatable bonds is 4. The van der Waals surface area contributed by atoms with Crippen LogP contribution in [0.3, 0.4) is 0 Å². The summed E-state index contributed by atoms with van der Waals surface area (Å²) in [5, 5.41) is 12.6. The van der Waals surface area contributed by atoms with Crippen LogP contribution in [0, 0.1) is 0 Å². The average Bonchev–Trinajstić information content (AvgIpc) is 2.36. The van der Waals surface area contributed by atoms with E-state index in [1.165, 1.54) is 10.8 Å². The van der Waals surface area contributed by atoms with E-state index in [0.29, 0.717) is 0 Å². The fourth-order valence-electron chi connectivity index (χ4n) is 2.11. The van der Waals surface area contributed by atoms with Gasteiger partial charge in [-0.25, -0.2) is 0 Å². The van der Waals surface area contributed by atoms with Gasteiger partial charge in [-0.15, -0.1) is 0 Å². The number of hydrogen-bond donors (Lipinski definition) is 1. The summed E-state index contributed by atoms with van der Waals surface area (Å²) in [5.41, 5.74) is -0.378. The highest BCUT2D eigenvalue weighted by molar-refractivity contribution is 6.66. The van der Waals surface area contributed by atoms with Crippen LogP contribution in [0.2, 0.25) is 6.82 Å². The molecule has 0 aliphatic rings. The molecule has 0 aliphatic carbocycles. The van der Waals surface area contributed by atoms with Gasteiger partial charge in [0.15, 0.2) is 0 Å². The Bertz CT molecular complexity index is 599. The van der Waals surface area contributed by atoms with E-state index in [0.717, 1.165) is 5.46 Å². The Kier molecular flexibility index (Phi) is 3.94. The van der Waals surface area contributed by atoms with E-state index in [2.05, 4.69) is 30.3 Å². The smallest absolute Gasteiger partial charge is 0.324 e. The van der Waals surface area contributed by atoms with Gasteiger partial charge in [0.2, 0.25) is 0 Å². The van der Waals surface area contributed by atoms with E-state index in [-0.39, 0.29) is 6.92 Å². The summed E-state index contributed by atoms with van der Waals surface area (Å²) in [6, 6.07) is 14.6. The minimum atomic E-state index is -0.891. The van der Waals surface area contributed by atoms with E-state index in [1.807, 2.05) is 32.8 Å². The zero-order valence-corrected chi connectivity index (χ0v) is 13.0. The predicted octanol–water partition coefficient (Wildman–Crippen LogP) is 3.23. The number of benzene rings is 2. The SMILES string of the molecule is CB(OC(C)(C)C(C)(C)O)c1ccc2ccccc2c1. The largest absolute Gasteiger partial charge is 0.423 e. The third kappa shape index (κ3) is 3.05. The van der Waals surface area contributed by atoms with Gasteiger partial charge in [0.1, 0.15) is 0 Å². The molecule has 20 heavy (non-hydrogen) atoms. The van der Waals surface area contributed by atoms with Crippen LogP contribution >= 0.6 is 0 Å². The van der Waals surface area contributed by atoms with Crippen molar-refractivity contribution in [2.24, 2.45) is 0 Å². The molecule has 0 fully saturated rings. The summed E-state index contributed by atoms with van der Waals surface area (Å²) < 4.78 is 6.09. The van der Waals surface area contributed by atoms with Gasteiger partial charge in [0.05, 0.1) is 11.2 Å². The van der Waals surface area contributed by atoms with Crippen LogP contribution in [-0.2, 0) is 4.65 Å². The molecule has 0 unspecified atom stereocenters. The molecule has 0 aromatic heterocycles. The van der Waals surface area contributed by atoms with Crippen molar-refractivity contribution in [2.45, 2.75) is 45.7 Å². The molecule has 2 nitrogen and oxygen atoms in total. The zero-order valence-electron chi connectivity index (χ0n) is 13.0. The second-order valence-corrected chi connectivity index (χ2v) is 6.44. The minimum Gasteiger partial charge on any atom is -0.423 e. The monoisotopic (exact) mass is 270 g/mol. The van der Waals surface area contributed by atoms with Gasteiger partial charge in [-0.3, -0.25) is 0 Å². The second-order valence-electron chi connectivity index (χ2n) is 6.44. The molecule has 0 aliphatic heterocycles. The molecule has 2 aromatic rings. The Labute approximate surface area is 121 Å². The van der Waals surface area contributed by atoms with E-state index < -0.39 is 11.2 Å². The molecule has 0 saturated heterocycles. The standard InChI is InChI=1S/C17H23BO2/c1-16(2,19)17(3,4)20-18(5)15-11-10-13-8-6-7-9-14(13)12-15/h6-12,19H,1-5H3. The normalized spacial score (nSPS) is 12.7. The first-order valence-electron chi connectivity index (χ1n) is 7.09. The predicted molar refractivity (Wildman–Crippen MR) is 86.7 cm³/mol. The van der Waals surface area contributed by atoms with Crippen molar-refractivity contribution < 1.29 is 9.76 Å². The molecule has 0 bridgehead atoms. The number of aliphatic hydroxyl groups is 1. The van der Waals surface area contributed by atoms with Gasteiger partial charge in [-0.05, 0) is 43.9 Å². The highest BCUT2D eigenvalue weighted by Crippen LogP contribution is 2.25. The molecule has 0 atom stereocenters. The van der Waals surface area contributed by atoms with Gasteiger partial charge < -0.3 is 9.76 Å². The Morgan fingerprint density at radius 3 is 2.15 bits per heavy atom. The maximum atomic E-state index is 10.2. The van der Waals surface area contributed by atoms with Gasteiger partial charge in [0.25, 0.3) is 0 Å². The van der Waals surface area contributed by atoms with Crippen LogP contribution in [-0.4, -0.2) is 23.2 Å². The Balaban J connectivity index is 2.25. The molecular weight excluding hydrogens is 247 g/mol. The summed E-state index contributed by atoms with van der Waals surface area (Å²) in [4.78, 5) is 0. The first-order chi connectivity index (χ1) is 9.21. The Morgan fingerprint density at radius 2 is 1.55 bits per heavy atom. The molecule has 0 amide bonds. The first-order valence-corrected chi connectivity index (χ1v) is 7.09. The highest BCUT2D eigenvalue weighted by Gasteiger charge is 2.38. The molecule has 0 radical (unpaired) electrons. The van der Waals surface area contributed by atoms with Gasteiger partial charge >= 0.3 is 6.92 Å². The summed E-state index contributed by atoms with van der Waals surface area (Å²) >= 11 is 0. The fraction of sp³-hybridized carbons (Fsp3) is 0.412. The molecule has 0 spiro atoms. The summed E-state index contributed by atoms with van der Waals surface area (Å²) in [6.07, 6.45) is 0. The lowest BCUT2D eigenvalue weighted by atomic mass is 9.62. The second kappa shape index (κ2) is 5.23. The van der Waals surface area contributed by atoms with Crippen LogP contribution in [0.5, 0.6) is 0 Å². The quantitative estimate of drug-likeness (QED) is 0.864. The molecule has 2 aromatic carbocycles. The van der Waals surface area contributed by atoms with Crippen molar-refractivity contribution in [3.63, 3.8) is 0 Å². The number of fused-ring (bicyclic) bond motifs is 1. The summed E-state index contributed by atoms with van der Waals surface area (Å²) in [7, 11) is 0. The van der Waals surface area contributed by atoms with E-state index in [1.54, 1.807) is 13.8 Å². The van der Waals surface area contributed by atoms with Crippen LogP contribution in [0.1, 0.15) is 27.7 Å². The zero-order chi connectivity index (χ0) is 15.0. The van der Waals surface area contributed by atoms with E-state index in [9.17, 15) is 5.11 Å². The van der Waals surface area contributed by atoms with Crippen molar-refractivity contribution in [1.29, 1.82) is 0 Å². The first kappa shape index (κ1) is 15.1. The number of hydrogen-bond acceptors (Lipinski definition) is 2. The Hall–Kier alpha value is -1.32.